The lowest BCUT2D eigenvalue weighted by atomic mass is 10.2. The van der Waals surface area contributed by atoms with Crippen LogP contribution in [0.2, 0.25) is 0 Å². The summed E-state index contributed by atoms with van der Waals surface area (Å²) in [6, 6.07) is 15.7. The highest BCUT2D eigenvalue weighted by Gasteiger charge is 2.18. The quantitative estimate of drug-likeness (QED) is 0.737. The second kappa shape index (κ2) is 7.57. The molecule has 0 fully saturated rings. The number of anilines is 1. The first-order chi connectivity index (χ1) is 12.6. The molecule has 0 amide bonds. The third-order valence-electron chi connectivity index (χ3n) is 3.88. The Morgan fingerprint density at radius 2 is 1.92 bits per heavy atom. The Bertz CT molecular complexity index is 945. The Kier molecular flexibility index (Phi) is 5.04. The van der Waals surface area contributed by atoms with E-state index in [0.717, 1.165) is 11.3 Å². The van der Waals surface area contributed by atoms with Crippen molar-refractivity contribution in [3.05, 3.63) is 71.0 Å². The third-order valence-corrected chi connectivity index (χ3v) is 3.88. The highest BCUT2D eigenvalue weighted by atomic mass is 19.1. The summed E-state index contributed by atoms with van der Waals surface area (Å²) in [5.74, 6) is 0.643. The van der Waals surface area contributed by atoms with Crippen LogP contribution in [0.4, 0.5) is 10.2 Å². The Labute approximate surface area is 150 Å². The maximum atomic E-state index is 13.8. The molecule has 7 heteroatoms. The largest absolute Gasteiger partial charge is 0.497 e. The molecule has 0 saturated heterocycles. The molecular formula is C19H17FN4O2. The highest BCUT2D eigenvalue weighted by Crippen LogP contribution is 2.25. The number of halogens is 1. The molecule has 3 rings (SSSR count). The molecule has 0 spiro atoms. The van der Waals surface area contributed by atoms with Crippen LogP contribution >= 0.6 is 0 Å². The molecule has 1 aromatic heterocycles. The topological polar surface area (TPSA) is 86.1 Å². The predicted molar refractivity (Wildman–Crippen MR) is 94.2 cm³/mol. The van der Waals surface area contributed by atoms with Crippen molar-refractivity contribution in [3.8, 4) is 17.7 Å². The average molecular weight is 352 g/mol. The Balaban J connectivity index is 1.79. The van der Waals surface area contributed by atoms with E-state index in [1.54, 1.807) is 25.3 Å². The number of nitrogens with two attached hydrogens (primary N) is 1. The van der Waals surface area contributed by atoms with Crippen LogP contribution in [0, 0.1) is 17.1 Å². The zero-order chi connectivity index (χ0) is 18.5. The minimum atomic E-state index is -0.360. The molecule has 26 heavy (non-hydrogen) atoms. The number of nitriles is 1. The minimum Gasteiger partial charge on any atom is -0.497 e. The van der Waals surface area contributed by atoms with Crippen LogP contribution in [0.15, 0.2) is 48.5 Å². The number of rotatable bonds is 6. The molecule has 2 N–H and O–H groups in total. The standard InChI is InChI=1S/C19H17FN4O2/c1-25-15-8-6-13(7-9-15)12-26-19-16(10-21)18(22)24(23-19)11-14-4-2-3-5-17(14)20/h2-9H,11-12,22H2,1H3. The van der Waals surface area contributed by atoms with E-state index in [9.17, 15) is 9.65 Å². The first kappa shape index (κ1) is 17.3. The summed E-state index contributed by atoms with van der Waals surface area (Å²) in [5.41, 5.74) is 7.42. The van der Waals surface area contributed by atoms with Crippen LogP contribution in [0.1, 0.15) is 16.7 Å². The van der Waals surface area contributed by atoms with Crippen LogP contribution in [0.3, 0.4) is 0 Å². The van der Waals surface area contributed by atoms with Crippen molar-refractivity contribution in [2.45, 2.75) is 13.2 Å². The summed E-state index contributed by atoms with van der Waals surface area (Å²) in [6.45, 7) is 0.327. The Hall–Kier alpha value is -3.53. The van der Waals surface area contributed by atoms with Crippen LogP contribution in [0.25, 0.3) is 0 Å². The minimum absolute atomic E-state index is 0.110. The van der Waals surface area contributed by atoms with Gasteiger partial charge in [0, 0.05) is 5.56 Å². The van der Waals surface area contributed by atoms with Crippen LogP contribution < -0.4 is 15.2 Å². The smallest absolute Gasteiger partial charge is 0.253 e. The molecule has 3 aromatic rings. The van der Waals surface area contributed by atoms with Gasteiger partial charge in [0.1, 0.15) is 30.1 Å². The first-order valence-electron chi connectivity index (χ1n) is 7.88. The highest BCUT2D eigenvalue weighted by molar-refractivity contribution is 5.55. The molecule has 0 radical (unpaired) electrons. The number of benzene rings is 2. The van der Waals surface area contributed by atoms with Gasteiger partial charge in [0.2, 0.25) is 0 Å². The molecule has 2 aromatic carbocycles. The number of hydrogen-bond acceptors (Lipinski definition) is 5. The van der Waals surface area contributed by atoms with Crippen molar-refractivity contribution < 1.29 is 13.9 Å². The molecule has 132 valence electrons. The molecular weight excluding hydrogens is 335 g/mol. The molecule has 0 saturated carbocycles. The molecule has 6 nitrogen and oxygen atoms in total. The van der Waals surface area contributed by atoms with Gasteiger partial charge in [0.15, 0.2) is 5.56 Å². The molecule has 0 atom stereocenters. The van der Waals surface area contributed by atoms with E-state index in [0.29, 0.717) is 5.56 Å². The van der Waals surface area contributed by atoms with E-state index < -0.39 is 0 Å². The summed E-state index contributed by atoms with van der Waals surface area (Å²) in [7, 11) is 1.59. The molecule has 0 aliphatic rings. The molecule has 0 unspecified atom stereocenters. The van der Waals surface area contributed by atoms with Gasteiger partial charge >= 0.3 is 0 Å². The second-order valence-electron chi connectivity index (χ2n) is 5.56. The molecule has 0 aliphatic heterocycles. The van der Waals surface area contributed by atoms with Gasteiger partial charge in [0.05, 0.1) is 13.7 Å². The third kappa shape index (κ3) is 3.59. The van der Waals surface area contributed by atoms with Crippen LogP contribution in [0.5, 0.6) is 11.6 Å². The van der Waals surface area contributed by atoms with Crippen LogP contribution in [-0.4, -0.2) is 16.9 Å². The zero-order valence-corrected chi connectivity index (χ0v) is 14.1. The Morgan fingerprint density at radius 1 is 1.19 bits per heavy atom. The fourth-order valence-electron chi connectivity index (χ4n) is 2.44. The normalized spacial score (nSPS) is 10.3. The fraction of sp³-hybridized carbons (Fsp3) is 0.158. The molecule has 0 bridgehead atoms. The summed E-state index contributed by atoms with van der Waals surface area (Å²) in [5, 5.41) is 13.6. The fourth-order valence-corrected chi connectivity index (χ4v) is 2.44. The van der Waals surface area contributed by atoms with Gasteiger partial charge in [-0.3, -0.25) is 0 Å². The van der Waals surface area contributed by atoms with Crippen molar-refractivity contribution in [3.63, 3.8) is 0 Å². The van der Waals surface area contributed by atoms with Gasteiger partial charge in [-0.2, -0.15) is 5.26 Å². The lowest BCUT2D eigenvalue weighted by molar-refractivity contribution is 0.289. The van der Waals surface area contributed by atoms with E-state index in [-0.39, 0.29) is 36.2 Å². The SMILES string of the molecule is COc1ccc(COc2nn(Cc3ccccc3F)c(N)c2C#N)cc1. The zero-order valence-electron chi connectivity index (χ0n) is 14.1. The van der Waals surface area contributed by atoms with Crippen molar-refractivity contribution in [1.82, 2.24) is 9.78 Å². The lowest BCUT2D eigenvalue weighted by Gasteiger charge is -2.05. The van der Waals surface area contributed by atoms with E-state index in [4.69, 9.17) is 15.2 Å². The number of methoxy groups -OCH3 is 1. The van der Waals surface area contributed by atoms with E-state index in [1.807, 2.05) is 30.3 Å². The number of ether oxygens (including phenoxy) is 2. The number of nitrogens with zero attached hydrogens (tertiary/aromatic N) is 3. The lowest BCUT2D eigenvalue weighted by Crippen LogP contribution is -2.07. The van der Waals surface area contributed by atoms with E-state index in [2.05, 4.69) is 5.10 Å². The summed E-state index contributed by atoms with van der Waals surface area (Å²) in [4.78, 5) is 0. The number of nitrogen functional groups attached to an aromatic ring is 1. The summed E-state index contributed by atoms with van der Waals surface area (Å²) < 4.78 is 26.0. The second-order valence-corrected chi connectivity index (χ2v) is 5.56. The van der Waals surface area contributed by atoms with Gasteiger partial charge in [0.25, 0.3) is 5.88 Å². The Morgan fingerprint density at radius 3 is 2.58 bits per heavy atom. The van der Waals surface area contributed by atoms with Gasteiger partial charge in [-0.05, 0) is 23.8 Å². The van der Waals surface area contributed by atoms with E-state index >= 15 is 0 Å². The maximum Gasteiger partial charge on any atom is 0.253 e. The van der Waals surface area contributed by atoms with Gasteiger partial charge in [-0.1, -0.05) is 30.3 Å². The van der Waals surface area contributed by atoms with Gasteiger partial charge < -0.3 is 15.2 Å². The predicted octanol–water partition coefficient (Wildman–Crippen LogP) is 3.11. The molecule has 0 aliphatic carbocycles. The number of aromatic nitrogens is 2. The first-order valence-corrected chi connectivity index (χ1v) is 7.88. The maximum absolute atomic E-state index is 13.8. The van der Waals surface area contributed by atoms with E-state index in [1.165, 1.54) is 10.7 Å². The molecule has 1 heterocycles. The number of hydrogen-bond donors (Lipinski definition) is 1. The average Bonchev–Trinajstić information content (AvgIpc) is 2.97. The van der Waals surface area contributed by atoms with Crippen LogP contribution in [-0.2, 0) is 13.2 Å². The summed E-state index contributed by atoms with van der Waals surface area (Å²) >= 11 is 0. The van der Waals surface area contributed by atoms with Crippen molar-refractivity contribution in [1.29, 1.82) is 5.26 Å². The van der Waals surface area contributed by atoms with Crippen molar-refractivity contribution >= 4 is 5.82 Å². The van der Waals surface area contributed by atoms with Gasteiger partial charge in [-0.15, -0.1) is 5.10 Å². The van der Waals surface area contributed by atoms with Crippen molar-refractivity contribution in [2.24, 2.45) is 0 Å². The van der Waals surface area contributed by atoms with Crippen molar-refractivity contribution in [2.75, 3.05) is 12.8 Å². The van der Waals surface area contributed by atoms with Gasteiger partial charge in [-0.25, -0.2) is 9.07 Å². The summed E-state index contributed by atoms with van der Waals surface area (Å²) in [6.07, 6.45) is 0. The monoisotopic (exact) mass is 352 g/mol.